The van der Waals surface area contributed by atoms with Crippen LogP contribution in [0.3, 0.4) is 0 Å². The summed E-state index contributed by atoms with van der Waals surface area (Å²) in [4.78, 5) is 19.1. The summed E-state index contributed by atoms with van der Waals surface area (Å²) in [5.41, 5.74) is 3.39. The number of fused-ring (bicyclic) bond motifs is 1. The van der Waals surface area contributed by atoms with Crippen molar-refractivity contribution in [3.8, 4) is 6.07 Å². The summed E-state index contributed by atoms with van der Waals surface area (Å²) in [6.45, 7) is 4.18. The Bertz CT molecular complexity index is 911. The lowest BCUT2D eigenvalue weighted by molar-refractivity contribution is -0.117. The molecule has 1 aromatic heterocycles. The van der Waals surface area contributed by atoms with Crippen molar-refractivity contribution in [2.75, 3.05) is 11.4 Å². The van der Waals surface area contributed by atoms with Crippen molar-refractivity contribution in [2.45, 2.75) is 30.7 Å². The molecule has 1 amide bonds. The number of hydrogen-bond acceptors (Lipinski definition) is 5. The predicted octanol–water partition coefficient (Wildman–Crippen LogP) is 4.56. The zero-order valence-corrected chi connectivity index (χ0v) is 15.5. The van der Waals surface area contributed by atoms with Crippen molar-refractivity contribution < 1.29 is 9.21 Å². The third-order valence-corrected chi connectivity index (χ3v) is 4.89. The number of aromatic nitrogens is 1. The van der Waals surface area contributed by atoms with E-state index in [0.717, 1.165) is 16.8 Å². The Labute approximate surface area is 156 Å². The summed E-state index contributed by atoms with van der Waals surface area (Å²) in [7, 11) is 0. The van der Waals surface area contributed by atoms with Crippen LogP contribution in [0.4, 0.5) is 5.69 Å². The van der Waals surface area contributed by atoms with Gasteiger partial charge in [0.1, 0.15) is 5.52 Å². The number of aryl methyl sites for hydroxylation is 1. The molecule has 0 saturated heterocycles. The van der Waals surface area contributed by atoms with Gasteiger partial charge in [0.15, 0.2) is 5.58 Å². The largest absolute Gasteiger partial charge is 0.431 e. The van der Waals surface area contributed by atoms with E-state index in [0.29, 0.717) is 17.4 Å². The fourth-order valence-corrected chi connectivity index (χ4v) is 3.40. The van der Waals surface area contributed by atoms with E-state index < -0.39 is 0 Å². The molecule has 0 N–H and O–H groups in total. The fourth-order valence-electron chi connectivity index (χ4n) is 2.58. The molecule has 1 heterocycles. The van der Waals surface area contributed by atoms with Gasteiger partial charge in [-0.2, -0.15) is 5.26 Å². The van der Waals surface area contributed by atoms with E-state index >= 15 is 0 Å². The van der Waals surface area contributed by atoms with Crippen molar-refractivity contribution in [1.82, 2.24) is 4.98 Å². The number of anilines is 1. The van der Waals surface area contributed by atoms with Gasteiger partial charge >= 0.3 is 0 Å². The molecule has 0 bridgehead atoms. The maximum atomic E-state index is 13.0. The maximum Gasteiger partial charge on any atom is 0.257 e. The highest BCUT2D eigenvalue weighted by molar-refractivity contribution is 8.00. The lowest BCUT2D eigenvalue weighted by Crippen LogP contribution is -2.37. The van der Waals surface area contributed by atoms with Crippen molar-refractivity contribution in [3.05, 3.63) is 54.1 Å². The average molecular weight is 365 g/mol. The van der Waals surface area contributed by atoms with Gasteiger partial charge in [-0.15, -0.1) is 0 Å². The topological polar surface area (TPSA) is 70.1 Å². The Morgan fingerprint density at radius 2 is 2.00 bits per heavy atom. The molecule has 0 aliphatic rings. The van der Waals surface area contributed by atoms with E-state index in [1.807, 2.05) is 62.4 Å². The first-order chi connectivity index (χ1) is 12.6. The van der Waals surface area contributed by atoms with Gasteiger partial charge in [-0.3, -0.25) is 4.79 Å². The Kier molecular flexibility index (Phi) is 5.59. The number of thioether (sulfide) groups is 1. The average Bonchev–Trinajstić information content (AvgIpc) is 3.05. The highest BCUT2D eigenvalue weighted by atomic mass is 32.2. The number of nitriles is 1. The summed E-state index contributed by atoms with van der Waals surface area (Å²) >= 11 is 1.29. The molecular weight excluding hydrogens is 346 g/mol. The molecule has 1 unspecified atom stereocenters. The maximum absolute atomic E-state index is 13.0. The van der Waals surface area contributed by atoms with Crippen LogP contribution in [0.15, 0.2) is 58.2 Å². The molecule has 1 atom stereocenters. The van der Waals surface area contributed by atoms with Crippen LogP contribution >= 0.6 is 11.8 Å². The number of carbonyl (C=O) groups excluding carboxylic acids is 1. The number of hydrogen-bond donors (Lipinski definition) is 0. The summed E-state index contributed by atoms with van der Waals surface area (Å²) in [5, 5.41) is 9.01. The quantitative estimate of drug-likeness (QED) is 0.599. The highest BCUT2D eigenvalue weighted by Gasteiger charge is 2.24. The SMILES string of the molecule is Cc1ccc(N(CCC#N)C(=O)C(C)Sc2nc3ccccc3o2)cc1. The summed E-state index contributed by atoms with van der Waals surface area (Å²) in [6, 6.07) is 17.3. The van der Waals surface area contributed by atoms with E-state index in [2.05, 4.69) is 11.1 Å². The Hall–Kier alpha value is -2.78. The van der Waals surface area contributed by atoms with Gasteiger partial charge in [0.2, 0.25) is 5.91 Å². The summed E-state index contributed by atoms with van der Waals surface area (Å²) in [5.74, 6) is -0.0728. The van der Waals surface area contributed by atoms with Crippen molar-refractivity contribution >= 4 is 34.5 Å². The molecule has 3 rings (SSSR count). The first-order valence-electron chi connectivity index (χ1n) is 8.35. The zero-order chi connectivity index (χ0) is 18.5. The number of carbonyl (C=O) groups is 1. The molecule has 3 aromatic rings. The van der Waals surface area contributed by atoms with Gasteiger partial charge in [0.25, 0.3) is 5.22 Å². The second kappa shape index (κ2) is 8.07. The monoisotopic (exact) mass is 365 g/mol. The van der Waals surface area contributed by atoms with Crippen LogP contribution in [0.25, 0.3) is 11.1 Å². The number of para-hydroxylation sites is 2. The third-order valence-electron chi connectivity index (χ3n) is 3.96. The van der Waals surface area contributed by atoms with Crippen LogP contribution in [0, 0.1) is 18.3 Å². The van der Waals surface area contributed by atoms with Crippen molar-refractivity contribution in [2.24, 2.45) is 0 Å². The van der Waals surface area contributed by atoms with Gasteiger partial charge in [-0.25, -0.2) is 4.98 Å². The van der Waals surface area contributed by atoms with Gasteiger partial charge in [-0.05, 0) is 38.1 Å². The van der Waals surface area contributed by atoms with E-state index in [-0.39, 0.29) is 17.6 Å². The molecule has 132 valence electrons. The number of benzene rings is 2. The van der Waals surface area contributed by atoms with E-state index in [4.69, 9.17) is 9.68 Å². The molecule has 0 radical (unpaired) electrons. The van der Waals surface area contributed by atoms with Crippen molar-refractivity contribution in [3.63, 3.8) is 0 Å². The first kappa shape index (κ1) is 18.0. The molecule has 0 saturated carbocycles. The number of nitrogens with zero attached hydrogens (tertiary/aromatic N) is 3. The summed E-state index contributed by atoms with van der Waals surface area (Å²) < 4.78 is 5.70. The molecule has 2 aromatic carbocycles. The van der Waals surface area contributed by atoms with Crippen LogP contribution in [-0.4, -0.2) is 22.7 Å². The molecule has 6 heteroatoms. The number of oxazole rings is 1. The Morgan fingerprint density at radius 3 is 2.69 bits per heavy atom. The van der Waals surface area contributed by atoms with Gasteiger partial charge < -0.3 is 9.32 Å². The number of amides is 1. The minimum absolute atomic E-state index is 0.0728. The van der Waals surface area contributed by atoms with Gasteiger partial charge in [-0.1, -0.05) is 41.6 Å². The predicted molar refractivity (Wildman–Crippen MR) is 103 cm³/mol. The van der Waals surface area contributed by atoms with Gasteiger partial charge in [0.05, 0.1) is 17.7 Å². The number of rotatable bonds is 6. The van der Waals surface area contributed by atoms with Crippen LogP contribution in [-0.2, 0) is 4.79 Å². The molecule has 26 heavy (non-hydrogen) atoms. The normalized spacial score (nSPS) is 11.9. The standard InChI is InChI=1S/C20H19N3O2S/c1-14-8-10-16(11-9-14)23(13-5-12-21)19(24)15(2)26-20-22-17-6-3-4-7-18(17)25-20/h3-4,6-11,15H,5,13H2,1-2H3. The van der Waals surface area contributed by atoms with Crippen LogP contribution in [0.1, 0.15) is 18.9 Å². The van der Waals surface area contributed by atoms with E-state index in [9.17, 15) is 4.79 Å². The lowest BCUT2D eigenvalue weighted by Gasteiger charge is -2.24. The molecule has 0 aliphatic carbocycles. The smallest absolute Gasteiger partial charge is 0.257 e. The second-order valence-electron chi connectivity index (χ2n) is 5.94. The summed E-state index contributed by atoms with van der Waals surface area (Å²) in [6.07, 6.45) is 0.278. The van der Waals surface area contributed by atoms with Crippen LogP contribution in [0.2, 0.25) is 0 Å². The third kappa shape index (κ3) is 4.06. The first-order valence-corrected chi connectivity index (χ1v) is 9.23. The Balaban J connectivity index is 1.78. The minimum Gasteiger partial charge on any atom is -0.431 e. The Morgan fingerprint density at radius 1 is 1.27 bits per heavy atom. The molecule has 0 fully saturated rings. The van der Waals surface area contributed by atoms with Crippen LogP contribution in [0.5, 0.6) is 0 Å². The molecule has 5 nitrogen and oxygen atoms in total. The highest BCUT2D eigenvalue weighted by Crippen LogP contribution is 2.28. The zero-order valence-electron chi connectivity index (χ0n) is 14.7. The minimum atomic E-state index is -0.386. The van der Waals surface area contributed by atoms with E-state index in [1.54, 1.807) is 4.90 Å². The molecule has 0 aliphatic heterocycles. The molecular formula is C20H19N3O2S. The van der Waals surface area contributed by atoms with Crippen LogP contribution < -0.4 is 4.90 Å². The lowest BCUT2D eigenvalue weighted by atomic mass is 10.2. The second-order valence-corrected chi connectivity index (χ2v) is 7.23. The van der Waals surface area contributed by atoms with Crippen molar-refractivity contribution in [1.29, 1.82) is 5.26 Å². The van der Waals surface area contributed by atoms with Gasteiger partial charge in [0, 0.05) is 12.2 Å². The fraction of sp³-hybridized carbons (Fsp3) is 0.250. The molecule has 0 spiro atoms. The van der Waals surface area contributed by atoms with E-state index in [1.165, 1.54) is 11.8 Å².